The van der Waals surface area contributed by atoms with Crippen molar-refractivity contribution in [1.29, 1.82) is 0 Å². The van der Waals surface area contributed by atoms with E-state index in [0.717, 1.165) is 4.47 Å². The van der Waals surface area contributed by atoms with Gasteiger partial charge in [0.1, 0.15) is 6.04 Å². The fourth-order valence-electron chi connectivity index (χ4n) is 2.84. The van der Waals surface area contributed by atoms with E-state index in [9.17, 15) is 4.79 Å². The van der Waals surface area contributed by atoms with Gasteiger partial charge >= 0.3 is 5.97 Å². The summed E-state index contributed by atoms with van der Waals surface area (Å²) in [6, 6.07) is 2.97. The van der Waals surface area contributed by atoms with Crippen LogP contribution in [0.15, 0.2) is 27.9 Å². The fourth-order valence-corrected chi connectivity index (χ4v) is 3.29. The monoisotopic (exact) mass is 409 g/mol. The molecular formula is C15H16BrN5O4. The lowest BCUT2D eigenvalue weighted by atomic mass is 9.94. The Balaban J connectivity index is 2.30. The number of aromatic nitrogens is 4. The van der Waals surface area contributed by atoms with Crippen LogP contribution in [0.4, 0.5) is 5.95 Å². The summed E-state index contributed by atoms with van der Waals surface area (Å²) in [5.74, 6) is 0.920. The summed E-state index contributed by atoms with van der Waals surface area (Å²) in [5, 5.41) is 14.7. The predicted molar refractivity (Wildman–Crippen MR) is 91.5 cm³/mol. The molecule has 0 spiro atoms. The van der Waals surface area contributed by atoms with Crippen molar-refractivity contribution < 1.29 is 19.0 Å². The van der Waals surface area contributed by atoms with Gasteiger partial charge in [0.05, 0.1) is 26.9 Å². The second kappa shape index (κ2) is 6.71. The summed E-state index contributed by atoms with van der Waals surface area (Å²) in [5.41, 5.74) is 1.63. The van der Waals surface area contributed by atoms with Gasteiger partial charge in [0.25, 0.3) is 0 Å². The van der Waals surface area contributed by atoms with Gasteiger partial charge in [0.2, 0.25) is 5.95 Å². The number of carbonyl (C=O) groups is 1. The molecule has 0 aliphatic carbocycles. The number of rotatable bonds is 4. The van der Waals surface area contributed by atoms with E-state index >= 15 is 0 Å². The van der Waals surface area contributed by atoms with Crippen molar-refractivity contribution in [3.05, 3.63) is 33.4 Å². The molecule has 2 heterocycles. The second-order valence-electron chi connectivity index (χ2n) is 5.24. The van der Waals surface area contributed by atoms with Crippen molar-refractivity contribution in [2.75, 3.05) is 26.6 Å². The van der Waals surface area contributed by atoms with Gasteiger partial charge in [-0.2, -0.15) is 4.68 Å². The Morgan fingerprint density at radius 1 is 1.28 bits per heavy atom. The lowest BCUT2D eigenvalue weighted by Crippen LogP contribution is -2.29. The average Bonchev–Trinajstić information content (AvgIpc) is 3.06. The van der Waals surface area contributed by atoms with E-state index in [0.29, 0.717) is 34.3 Å². The van der Waals surface area contributed by atoms with Crippen molar-refractivity contribution in [2.45, 2.75) is 13.0 Å². The molecule has 0 saturated heterocycles. The SMILES string of the molecule is COC(=O)C1=C(C)Nc2nnnn2[C@@H]1c1cc(Br)cc(OC)c1OC. The highest BCUT2D eigenvalue weighted by atomic mass is 79.9. The number of benzene rings is 1. The van der Waals surface area contributed by atoms with E-state index in [-0.39, 0.29) is 0 Å². The van der Waals surface area contributed by atoms with Gasteiger partial charge in [-0.3, -0.25) is 0 Å². The van der Waals surface area contributed by atoms with Crippen molar-refractivity contribution in [3.8, 4) is 11.5 Å². The molecule has 1 aliphatic rings. The Morgan fingerprint density at radius 3 is 2.68 bits per heavy atom. The molecule has 9 nitrogen and oxygen atoms in total. The molecule has 132 valence electrons. The number of halogens is 1. The standard InChI is InChI=1S/C15H16BrN5O4/c1-7-11(14(22)25-4)12(21-15(17-7)18-19-20-21)9-5-8(16)6-10(23-2)13(9)24-3/h5-6,12H,1-4H3,(H,17,18,20)/t12-/m1/s1. The van der Waals surface area contributed by atoms with E-state index in [1.807, 2.05) is 6.07 Å². The molecule has 10 heteroatoms. The number of tetrazole rings is 1. The van der Waals surface area contributed by atoms with Crippen LogP contribution in [0.3, 0.4) is 0 Å². The van der Waals surface area contributed by atoms with Gasteiger partial charge < -0.3 is 19.5 Å². The van der Waals surface area contributed by atoms with Crippen LogP contribution in [-0.2, 0) is 9.53 Å². The van der Waals surface area contributed by atoms with Crippen LogP contribution in [0, 0.1) is 0 Å². The number of methoxy groups -OCH3 is 3. The minimum Gasteiger partial charge on any atom is -0.493 e. The number of anilines is 1. The maximum atomic E-state index is 12.4. The highest BCUT2D eigenvalue weighted by Crippen LogP contribution is 2.44. The predicted octanol–water partition coefficient (Wildman–Crippen LogP) is 1.91. The largest absolute Gasteiger partial charge is 0.493 e. The zero-order valence-electron chi connectivity index (χ0n) is 14.0. The van der Waals surface area contributed by atoms with Crippen molar-refractivity contribution >= 4 is 27.8 Å². The third-order valence-electron chi connectivity index (χ3n) is 3.89. The normalized spacial score (nSPS) is 16.1. The third-order valence-corrected chi connectivity index (χ3v) is 4.34. The number of allylic oxidation sites excluding steroid dienone is 1. The number of fused-ring (bicyclic) bond motifs is 1. The van der Waals surface area contributed by atoms with Crippen LogP contribution < -0.4 is 14.8 Å². The lowest BCUT2D eigenvalue weighted by molar-refractivity contribution is -0.136. The first-order valence-electron chi connectivity index (χ1n) is 7.27. The van der Waals surface area contributed by atoms with Crippen LogP contribution >= 0.6 is 15.9 Å². The number of hydrogen-bond acceptors (Lipinski definition) is 8. The van der Waals surface area contributed by atoms with Crippen molar-refractivity contribution in [2.24, 2.45) is 0 Å². The quantitative estimate of drug-likeness (QED) is 0.764. The van der Waals surface area contributed by atoms with Crippen LogP contribution in [0.5, 0.6) is 11.5 Å². The van der Waals surface area contributed by atoms with Gasteiger partial charge in [-0.1, -0.05) is 21.0 Å². The summed E-state index contributed by atoms with van der Waals surface area (Å²) >= 11 is 3.46. The maximum Gasteiger partial charge on any atom is 0.338 e. The van der Waals surface area contributed by atoms with Gasteiger partial charge in [-0.05, 0) is 29.5 Å². The van der Waals surface area contributed by atoms with E-state index in [4.69, 9.17) is 14.2 Å². The molecule has 1 aromatic carbocycles. The highest BCUT2D eigenvalue weighted by Gasteiger charge is 2.37. The maximum absolute atomic E-state index is 12.4. The molecule has 1 aromatic heterocycles. The zero-order chi connectivity index (χ0) is 18.1. The third kappa shape index (κ3) is 2.82. The Morgan fingerprint density at radius 2 is 2.04 bits per heavy atom. The van der Waals surface area contributed by atoms with Crippen LogP contribution in [0.2, 0.25) is 0 Å². The number of nitrogens with zero attached hydrogens (tertiary/aromatic N) is 4. The topological polar surface area (TPSA) is 100 Å². The first-order chi connectivity index (χ1) is 12.0. The molecular weight excluding hydrogens is 394 g/mol. The molecule has 0 fully saturated rings. The molecule has 3 rings (SSSR count). The summed E-state index contributed by atoms with van der Waals surface area (Å²) in [4.78, 5) is 12.4. The van der Waals surface area contributed by atoms with Crippen molar-refractivity contribution in [3.63, 3.8) is 0 Å². The first-order valence-corrected chi connectivity index (χ1v) is 8.06. The Kier molecular flexibility index (Phi) is 4.62. The summed E-state index contributed by atoms with van der Waals surface area (Å²) in [6.45, 7) is 1.76. The van der Waals surface area contributed by atoms with Gasteiger partial charge in [-0.25, -0.2) is 4.79 Å². The first kappa shape index (κ1) is 17.2. The molecule has 1 atom stereocenters. The zero-order valence-corrected chi connectivity index (χ0v) is 15.6. The lowest BCUT2D eigenvalue weighted by Gasteiger charge is -2.28. The van der Waals surface area contributed by atoms with E-state index < -0.39 is 12.0 Å². The van der Waals surface area contributed by atoms with Crippen LogP contribution in [-0.4, -0.2) is 47.5 Å². The summed E-state index contributed by atoms with van der Waals surface area (Å²) < 4.78 is 18.2. The molecule has 0 radical (unpaired) electrons. The average molecular weight is 410 g/mol. The highest BCUT2D eigenvalue weighted by molar-refractivity contribution is 9.10. The Hall–Kier alpha value is -2.62. The van der Waals surface area contributed by atoms with Crippen molar-refractivity contribution in [1.82, 2.24) is 20.2 Å². The van der Waals surface area contributed by atoms with E-state index in [1.54, 1.807) is 20.1 Å². The number of ether oxygens (including phenoxy) is 3. The minimum atomic E-state index is -0.639. The molecule has 1 N–H and O–H groups in total. The van der Waals surface area contributed by atoms with Crippen LogP contribution in [0.1, 0.15) is 18.5 Å². The summed E-state index contributed by atoms with van der Waals surface area (Å²) in [7, 11) is 4.40. The molecule has 0 saturated carbocycles. The summed E-state index contributed by atoms with van der Waals surface area (Å²) in [6.07, 6.45) is 0. The molecule has 0 amide bonds. The number of carbonyl (C=O) groups excluding carboxylic acids is 1. The van der Waals surface area contributed by atoms with Gasteiger partial charge in [0, 0.05) is 15.7 Å². The molecule has 1 aliphatic heterocycles. The Labute approximate surface area is 152 Å². The van der Waals surface area contributed by atoms with Gasteiger partial charge in [0.15, 0.2) is 11.5 Å². The smallest absolute Gasteiger partial charge is 0.338 e. The number of hydrogen-bond donors (Lipinski definition) is 1. The molecule has 2 aromatic rings. The fraction of sp³-hybridized carbons (Fsp3) is 0.333. The molecule has 25 heavy (non-hydrogen) atoms. The minimum absolute atomic E-state index is 0.376. The number of nitrogens with one attached hydrogen (secondary N) is 1. The van der Waals surface area contributed by atoms with Gasteiger partial charge in [-0.15, -0.1) is 0 Å². The van der Waals surface area contributed by atoms with E-state index in [1.165, 1.54) is 18.9 Å². The second-order valence-corrected chi connectivity index (χ2v) is 6.15. The molecule has 0 bridgehead atoms. The Bertz CT molecular complexity index is 864. The molecule has 0 unspecified atom stereocenters. The number of esters is 1. The van der Waals surface area contributed by atoms with E-state index in [2.05, 4.69) is 36.8 Å². The van der Waals surface area contributed by atoms with Crippen LogP contribution in [0.25, 0.3) is 0 Å².